The number of hydrogen-bond acceptors (Lipinski definition) is 2. The number of carbonyl (C=O) groups excluding carboxylic acids is 2. The summed E-state index contributed by atoms with van der Waals surface area (Å²) in [7, 11) is 0. The first kappa shape index (κ1) is 22.6. The molecule has 0 aromatic heterocycles. The van der Waals surface area contributed by atoms with E-state index in [-0.39, 0.29) is 11.8 Å². The van der Waals surface area contributed by atoms with Gasteiger partial charge in [0.1, 0.15) is 0 Å². The van der Waals surface area contributed by atoms with Gasteiger partial charge in [0.2, 0.25) is 0 Å². The van der Waals surface area contributed by atoms with E-state index in [1.165, 1.54) is 0 Å². The number of nitrogens with zero attached hydrogens (tertiary/aromatic N) is 2. The summed E-state index contributed by atoms with van der Waals surface area (Å²) in [4.78, 5) is 30.0. The van der Waals surface area contributed by atoms with Gasteiger partial charge in [-0.2, -0.15) is 0 Å². The van der Waals surface area contributed by atoms with Crippen molar-refractivity contribution in [3.8, 4) is 22.3 Å². The Morgan fingerprint density at radius 3 is 1.14 bits per heavy atom. The molecule has 1 saturated heterocycles. The average Bonchev–Trinajstić information content (AvgIpc) is 3.20. The number of benzene rings is 4. The monoisotopic (exact) mass is 460 g/mol. The van der Waals surface area contributed by atoms with E-state index in [2.05, 4.69) is 24.3 Å². The Morgan fingerprint density at radius 1 is 0.429 bits per heavy atom. The molecule has 0 atom stereocenters. The van der Waals surface area contributed by atoms with E-state index >= 15 is 0 Å². The first-order chi connectivity index (χ1) is 17.2. The molecule has 5 rings (SSSR count). The van der Waals surface area contributed by atoms with Crippen LogP contribution in [-0.4, -0.2) is 47.8 Å². The van der Waals surface area contributed by atoms with Gasteiger partial charge in [-0.05, 0) is 52.9 Å². The fourth-order valence-corrected chi connectivity index (χ4v) is 4.56. The topological polar surface area (TPSA) is 40.6 Å². The summed E-state index contributed by atoms with van der Waals surface area (Å²) in [5.74, 6) is 0.0391. The van der Waals surface area contributed by atoms with Gasteiger partial charge in [-0.1, -0.05) is 84.9 Å². The second-order valence-electron chi connectivity index (χ2n) is 8.82. The van der Waals surface area contributed by atoms with Crippen molar-refractivity contribution in [1.29, 1.82) is 0 Å². The molecule has 4 aromatic rings. The van der Waals surface area contributed by atoms with Crippen LogP contribution < -0.4 is 0 Å². The van der Waals surface area contributed by atoms with E-state index in [1.807, 2.05) is 94.7 Å². The Balaban J connectivity index is 1.22. The zero-order chi connectivity index (χ0) is 24.0. The Hall–Kier alpha value is -4.18. The standard InChI is InChI=1S/C31H28N2O2/c34-30(28-16-12-26(13-17-28)24-8-3-1-4-9-24)32-20-7-21-33(23-22-32)31(35)29-18-14-27(15-19-29)25-10-5-2-6-11-25/h1-6,8-19H,7,20-23H2. The second kappa shape index (κ2) is 10.4. The highest BCUT2D eigenvalue weighted by atomic mass is 16.2. The van der Waals surface area contributed by atoms with Crippen LogP contribution in [0.25, 0.3) is 22.3 Å². The fraction of sp³-hybridized carbons (Fsp3) is 0.161. The summed E-state index contributed by atoms with van der Waals surface area (Å²) < 4.78 is 0. The zero-order valence-corrected chi connectivity index (χ0v) is 19.6. The highest BCUT2D eigenvalue weighted by Crippen LogP contribution is 2.22. The van der Waals surface area contributed by atoms with Crippen molar-refractivity contribution in [2.24, 2.45) is 0 Å². The van der Waals surface area contributed by atoms with Gasteiger partial charge in [-0.25, -0.2) is 0 Å². The van der Waals surface area contributed by atoms with Crippen LogP contribution in [-0.2, 0) is 0 Å². The number of hydrogen-bond donors (Lipinski definition) is 0. The third-order valence-corrected chi connectivity index (χ3v) is 6.55. The Kier molecular flexibility index (Phi) is 6.71. The Labute approximate surface area is 206 Å². The molecule has 0 radical (unpaired) electrons. The number of amides is 2. The molecular weight excluding hydrogens is 432 g/mol. The van der Waals surface area contributed by atoms with Crippen molar-refractivity contribution >= 4 is 11.8 Å². The molecule has 4 heteroatoms. The molecule has 4 aromatic carbocycles. The van der Waals surface area contributed by atoms with E-state index in [1.54, 1.807) is 0 Å². The van der Waals surface area contributed by atoms with E-state index in [9.17, 15) is 9.59 Å². The van der Waals surface area contributed by atoms with Gasteiger partial charge >= 0.3 is 0 Å². The lowest BCUT2D eigenvalue weighted by atomic mass is 10.0. The van der Waals surface area contributed by atoms with Crippen LogP contribution >= 0.6 is 0 Å². The molecule has 4 nitrogen and oxygen atoms in total. The highest BCUT2D eigenvalue weighted by Gasteiger charge is 2.23. The molecule has 1 aliphatic rings. The normalized spacial score (nSPS) is 13.8. The van der Waals surface area contributed by atoms with Gasteiger partial charge in [0, 0.05) is 37.3 Å². The van der Waals surface area contributed by atoms with Crippen LogP contribution in [0.15, 0.2) is 109 Å². The van der Waals surface area contributed by atoms with Gasteiger partial charge in [0.15, 0.2) is 0 Å². The number of carbonyl (C=O) groups is 2. The molecule has 174 valence electrons. The number of rotatable bonds is 4. The fourth-order valence-electron chi connectivity index (χ4n) is 4.56. The largest absolute Gasteiger partial charge is 0.337 e. The SMILES string of the molecule is O=C(c1ccc(-c2ccccc2)cc1)N1CCCN(C(=O)c2ccc(-c3ccccc3)cc2)CC1. The molecule has 0 N–H and O–H groups in total. The molecule has 2 amide bonds. The predicted molar refractivity (Wildman–Crippen MR) is 140 cm³/mol. The van der Waals surface area contributed by atoms with Gasteiger partial charge in [0.05, 0.1) is 0 Å². The first-order valence-corrected chi connectivity index (χ1v) is 12.1. The van der Waals surface area contributed by atoms with Crippen molar-refractivity contribution < 1.29 is 9.59 Å². The maximum absolute atomic E-state index is 13.1. The van der Waals surface area contributed by atoms with E-state index in [0.717, 1.165) is 28.7 Å². The molecule has 1 heterocycles. The summed E-state index contributed by atoms with van der Waals surface area (Å²) in [6.45, 7) is 2.37. The lowest BCUT2D eigenvalue weighted by molar-refractivity contribution is 0.0719. The van der Waals surface area contributed by atoms with E-state index in [0.29, 0.717) is 37.3 Å². The van der Waals surface area contributed by atoms with Crippen LogP contribution in [0.1, 0.15) is 27.1 Å². The molecule has 0 saturated carbocycles. The quantitative estimate of drug-likeness (QED) is 0.374. The molecule has 1 aliphatic heterocycles. The summed E-state index contributed by atoms with van der Waals surface area (Å²) in [6.07, 6.45) is 0.766. The second-order valence-corrected chi connectivity index (χ2v) is 8.82. The van der Waals surface area contributed by atoms with Crippen molar-refractivity contribution in [2.75, 3.05) is 26.2 Å². The zero-order valence-electron chi connectivity index (χ0n) is 19.6. The van der Waals surface area contributed by atoms with Crippen LogP contribution in [0, 0.1) is 0 Å². The first-order valence-electron chi connectivity index (χ1n) is 12.1. The van der Waals surface area contributed by atoms with Crippen LogP contribution in [0.3, 0.4) is 0 Å². The van der Waals surface area contributed by atoms with Crippen LogP contribution in [0.2, 0.25) is 0 Å². The third kappa shape index (κ3) is 5.17. The molecule has 1 fully saturated rings. The van der Waals surface area contributed by atoms with Gasteiger partial charge in [0.25, 0.3) is 11.8 Å². The molecular formula is C31H28N2O2. The maximum Gasteiger partial charge on any atom is 0.253 e. The van der Waals surface area contributed by atoms with E-state index in [4.69, 9.17) is 0 Å². The molecule has 0 aliphatic carbocycles. The molecule has 0 unspecified atom stereocenters. The smallest absolute Gasteiger partial charge is 0.253 e. The maximum atomic E-state index is 13.1. The Bertz CT molecular complexity index is 1180. The van der Waals surface area contributed by atoms with Crippen molar-refractivity contribution in [3.05, 3.63) is 120 Å². The van der Waals surface area contributed by atoms with E-state index < -0.39 is 0 Å². The minimum Gasteiger partial charge on any atom is -0.337 e. The van der Waals surface area contributed by atoms with Crippen LogP contribution in [0.4, 0.5) is 0 Å². The minimum absolute atomic E-state index is 0.0196. The molecule has 35 heavy (non-hydrogen) atoms. The predicted octanol–water partition coefficient (Wildman–Crippen LogP) is 6.01. The Morgan fingerprint density at radius 2 is 0.771 bits per heavy atom. The van der Waals surface area contributed by atoms with Gasteiger partial charge < -0.3 is 9.80 Å². The summed E-state index contributed by atoms with van der Waals surface area (Å²) >= 11 is 0. The van der Waals surface area contributed by atoms with Crippen molar-refractivity contribution in [1.82, 2.24) is 9.80 Å². The average molecular weight is 461 g/mol. The molecule has 0 bridgehead atoms. The van der Waals surface area contributed by atoms with Gasteiger partial charge in [-0.15, -0.1) is 0 Å². The summed E-state index contributed by atoms with van der Waals surface area (Å²) in [6, 6.07) is 35.8. The van der Waals surface area contributed by atoms with Gasteiger partial charge in [-0.3, -0.25) is 9.59 Å². The highest BCUT2D eigenvalue weighted by molar-refractivity contribution is 5.96. The lowest BCUT2D eigenvalue weighted by Gasteiger charge is -2.22. The summed E-state index contributed by atoms with van der Waals surface area (Å²) in [5, 5.41) is 0. The van der Waals surface area contributed by atoms with Crippen LogP contribution in [0.5, 0.6) is 0 Å². The summed E-state index contributed by atoms with van der Waals surface area (Å²) in [5.41, 5.74) is 5.81. The third-order valence-electron chi connectivity index (χ3n) is 6.55. The van der Waals surface area contributed by atoms with Crippen molar-refractivity contribution in [3.63, 3.8) is 0 Å². The molecule has 0 spiro atoms. The van der Waals surface area contributed by atoms with Crippen molar-refractivity contribution in [2.45, 2.75) is 6.42 Å². The lowest BCUT2D eigenvalue weighted by Crippen LogP contribution is -2.37. The minimum atomic E-state index is 0.0196.